The fourth-order valence-corrected chi connectivity index (χ4v) is 4.33. The van der Waals surface area contributed by atoms with Gasteiger partial charge >= 0.3 is 12.0 Å². The van der Waals surface area contributed by atoms with Gasteiger partial charge in [-0.05, 0) is 61.5 Å². The van der Waals surface area contributed by atoms with Crippen molar-refractivity contribution in [3.8, 4) is 0 Å². The third-order valence-corrected chi connectivity index (χ3v) is 6.32. The molecule has 5 N–H and O–H groups in total. The van der Waals surface area contributed by atoms with Crippen molar-refractivity contribution in [2.45, 2.75) is 24.2 Å². The molecule has 0 unspecified atom stereocenters. The topological polar surface area (TPSA) is 158 Å². The Bertz CT molecular complexity index is 1270. The second-order valence-corrected chi connectivity index (χ2v) is 9.77. The van der Waals surface area contributed by atoms with Crippen LogP contribution in [0.25, 0.3) is 10.3 Å². The lowest BCUT2D eigenvalue weighted by Crippen LogP contribution is -2.36. The summed E-state index contributed by atoms with van der Waals surface area (Å²) in [5, 5.41) is 16.6. The summed E-state index contributed by atoms with van der Waals surface area (Å²) in [4.78, 5) is 33.2. The monoisotopic (exact) mass is 481 g/mol. The van der Waals surface area contributed by atoms with Crippen molar-refractivity contribution in [1.82, 2.24) is 9.97 Å². The first-order valence-corrected chi connectivity index (χ1v) is 11.8. The van der Waals surface area contributed by atoms with E-state index in [1.54, 1.807) is 12.1 Å². The Morgan fingerprint density at radius 2 is 1.90 bits per heavy atom. The van der Waals surface area contributed by atoms with E-state index in [-0.39, 0.29) is 17.9 Å². The predicted molar refractivity (Wildman–Crippen MR) is 120 cm³/mol. The van der Waals surface area contributed by atoms with E-state index in [2.05, 4.69) is 15.3 Å². The van der Waals surface area contributed by atoms with Gasteiger partial charge in [0.2, 0.25) is 10.0 Å². The number of anilines is 2. The number of nitrogens with one attached hydrogen (secondary N) is 2. The number of carbonyl (C=O) groups is 2. The first-order chi connectivity index (χ1) is 14.6. The zero-order valence-corrected chi connectivity index (χ0v) is 18.5. The van der Waals surface area contributed by atoms with Crippen molar-refractivity contribution in [1.29, 1.82) is 0 Å². The van der Waals surface area contributed by atoms with Crippen LogP contribution in [0.2, 0.25) is 0 Å². The lowest BCUT2D eigenvalue weighted by atomic mass is 10.2. The molecule has 0 aliphatic carbocycles. The number of nitrogens with two attached hydrogens (primary N) is 1. The number of thiazole rings is 1. The van der Waals surface area contributed by atoms with Gasteiger partial charge in [0.15, 0.2) is 3.95 Å². The summed E-state index contributed by atoms with van der Waals surface area (Å²) in [6, 6.07) is 8.37. The summed E-state index contributed by atoms with van der Waals surface area (Å²) in [5.41, 5.74) is 1.12. The smallest absolute Gasteiger partial charge is 0.327 e. The average Bonchev–Trinajstić information content (AvgIpc) is 3.06. The molecule has 1 aromatic carbocycles. The Kier molecular flexibility index (Phi) is 7.00. The fourth-order valence-electron chi connectivity index (χ4n) is 2.76. The molecule has 10 nitrogen and oxygen atoms in total. The number of aromatic nitrogens is 2. The minimum atomic E-state index is -3.84. The van der Waals surface area contributed by atoms with E-state index in [4.69, 9.17) is 22.5 Å². The van der Waals surface area contributed by atoms with Crippen molar-refractivity contribution < 1.29 is 23.1 Å². The molecule has 2 aromatic heterocycles. The lowest BCUT2D eigenvalue weighted by molar-refractivity contribution is -0.137. The molecule has 31 heavy (non-hydrogen) atoms. The quantitative estimate of drug-likeness (QED) is 0.284. The second kappa shape index (κ2) is 9.51. The maximum atomic E-state index is 13.0. The number of rotatable bonds is 8. The van der Waals surface area contributed by atoms with Crippen LogP contribution in [0, 0.1) is 3.95 Å². The molecule has 2 amide bonds. The fraction of sp³-hybridized carbons (Fsp3) is 0.222. The van der Waals surface area contributed by atoms with Gasteiger partial charge in [0.05, 0.1) is 10.4 Å². The van der Waals surface area contributed by atoms with Crippen molar-refractivity contribution >= 4 is 67.4 Å². The van der Waals surface area contributed by atoms with Crippen molar-refractivity contribution in [3.05, 3.63) is 40.4 Å². The molecule has 164 valence electrons. The second-order valence-electron chi connectivity index (χ2n) is 6.54. The summed E-state index contributed by atoms with van der Waals surface area (Å²) in [6.07, 6.45) is 0.844. The number of sulfonamides is 1. The van der Waals surface area contributed by atoms with E-state index in [0.29, 0.717) is 33.1 Å². The molecule has 13 heteroatoms. The van der Waals surface area contributed by atoms with Crippen LogP contribution in [0.3, 0.4) is 0 Å². The molecule has 0 fully saturated rings. The third-order valence-electron chi connectivity index (χ3n) is 4.25. The number of unbranched alkanes of at least 4 members (excludes halogenated alkanes) is 1. The highest BCUT2D eigenvalue weighted by Gasteiger charge is 2.18. The number of H-pyrrole nitrogens is 1. The number of carboxylic acids is 1. The summed E-state index contributed by atoms with van der Waals surface area (Å²) < 4.78 is 23.3. The predicted octanol–water partition coefficient (Wildman–Crippen LogP) is 3.29. The first kappa shape index (κ1) is 22.8. The molecule has 0 spiro atoms. The van der Waals surface area contributed by atoms with Gasteiger partial charge in [-0.15, -0.1) is 0 Å². The molecule has 3 rings (SSSR count). The number of hydrogen-bond acceptors (Lipinski definition) is 7. The molecule has 0 aliphatic rings. The SMILES string of the molecule is NS(=O)(=O)c1ccc(NC(=O)N(CCCCC(=O)O)c2ccc3[nH]c(=S)sc3n2)cc1. The van der Waals surface area contributed by atoms with E-state index in [1.165, 1.54) is 40.5 Å². The summed E-state index contributed by atoms with van der Waals surface area (Å²) >= 11 is 6.41. The molecular weight excluding hydrogens is 462 g/mol. The molecule has 0 bridgehead atoms. The lowest BCUT2D eigenvalue weighted by Gasteiger charge is -2.22. The normalized spacial score (nSPS) is 11.4. The van der Waals surface area contributed by atoms with Crippen molar-refractivity contribution in [2.24, 2.45) is 5.14 Å². The minimum absolute atomic E-state index is 0.00383. The number of aliphatic carboxylic acids is 1. The maximum Gasteiger partial charge on any atom is 0.327 e. The number of pyridine rings is 1. The van der Waals surface area contributed by atoms with Gasteiger partial charge in [0.1, 0.15) is 10.6 Å². The highest BCUT2D eigenvalue weighted by atomic mass is 32.2. The van der Waals surface area contributed by atoms with Crippen LogP contribution >= 0.6 is 23.6 Å². The van der Waals surface area contributed by atoms with Crippen LogP contribution in [-0.4, -0.2) is 42.0 Å². The summed E-state index contributed by atoms with van der Waals surface area (Å²) in [5.74, 6) is -0.524. The first-order valence-electron chi connectivity index (χ1n) is 9.06. The molecular formula is C18H19N5O5S3. The number of hydrogen-bond donors (Lipinski definition) is 4. The van der Waals surface area contributed by atoms with Crippen molar-refractivity contribution in [3.63, 3.8) is 0 Å². The van der Waals surface area contributed by atoms with Crippen LogP contribution in [-0.2, 0) is 14.8 Å². The number of nitrogens with zero attached hydrogens (tertiary/aromatic N) is 2. The standard InChI is InChI=1S/C18H19N5O5S3/c19-31(27,28)12-6-4-11(5-7-12)20-17(26)23(10-2-1-3-15(24)25)14-9-8-13-16(22-14)30-18(29)21-13/h4-9H,1-3,10H2,(H,20,26)(H,21,29)(H,24,25)(H2,19,27,28). The molecule has 2 heterocycles. The number of benzene rings is 1. The molecule has 0 atom stereocenters. The van der Waals surface area contributed by atoms with E-state index in [9.17, 15) is 18.0 Å². The Morgan fingerprint density at radius 3 is 2.55 bits per heavy atom. The van der Waals surface area contributed by atoms with E-state index < -0.39 is 22.0 Å². The van der Waals surface area contributed by atoms with E-state index in [0.717, 1.165) is 5.52 Å². The Labute approximate surface area is 186 Å². The van der Waals surface area contributed by atoms with Gasteiger partial charge in [-0.1, -0.05) is 11.3 Å². The van der Waals surface area contributed by atoms with Crippen LogP contribution in [0.15, 0.2) is 41.3 Å². The van der Waals surface area contributed by atoms with Crippen LogP contribution in [0.5, 0.6) is 0 Å². The molecule has 0 aliphatic heterocycles. The Balaban J connectivity index is 1.82. The molecule has 0 saturated heterocycles. The van der Waals surface area contributed by atoms with E-state index >= 15 is 0 Å². The Morgan fingerprint density at radius 1 is 1.19 bits per heavy atom. The van der Waals surface area contributed by atoms with Gasteiger partial charge in [-0.2, -0.15) is 0 Å². The number of aromatic amines is 1. The van der Waals surface area contributed by atoms with Gasteiger partial charge in [-0.25, -0.2) is 23.3 Å². The number of urea groups is 1. The van der Waals surface area contributed by atoms with Gasteiger partial charge < -0.3 is 15.4 Å². The minimum Gasteiger partial charge on any atom is -0.481 e. The molecule has 3 aromatic rings. The van der Waals surface area contributed by atoms with Gasteiger partial charge in [0, 0.05) is 18.7 Å². The number of amides is 2. The highest BCUT2D eigenvalue weighted by Crippen LogP contribution is 2.23. The zero-order valence-electron chi connectivity index (χ0n) is 16.1. The highest BCUT2D eigenvalue weighted by molar-refractivity contribution is 7.89. The number of carboxylic acid groups (broad SMARTS) is 1. The third kappa shape index (κ3) is 6.07. The summed E-state index contributed by atoms with van der Waals surface area (Å²) in [7, 11) is -3.84. The van der Waals surface area contributed by atoms with Crippen LogP contribution in [0.1, 0.15) is 19.3 Å². The number of fused-ring (bicyclic) bond motifs is 1. The van der Waals surface area contributed by atoms with Gasteiger partial charge in [-0.3, -0.25) is 9.69 Å². The number of carbonyl (C=O) groups excluding carboxylic acids is 1. The average molecular weight is 482 g/mol. The zero-order chi connectivity index (χ0) is 22.6. The maximum absolute atomic E-state index is 13.0. The van der Waals surface area contributed by atoms with Gasteiger partial charge in [0.25, 0.3) is 0 Å². The van der Waals surface area contributed by atoms with Crippen LogP contribution in [0.4, 0.5) is 16.3 Å². The molecule has 0 saturated carbocycles. The van der Waals surface area contributed by atoms with E-state index in [1.807, 2.05) is 0 Å². The molecule has 0 radical (unpaired) electrons. The Hall–Kier alpha value is -2.87. The number of primary sulfonamides is 1. The van der Waals surface area contributed by atoms with Crippen LogP contribution < -0.4 is 15.4 Å². The largest absolute Gasteiger partial charge is 0.481 e. The summed E-state index contributed by atoms with van der Waals surface area (Å²) in [6.45, 7) is 0.239. The van der Waals surface area contributed by atoms with Crippen molar-refractivity contribution in [2.75, 3.05) is 16.8 Å².